The molecule has 2 aromatic carbocycles. The fourth-order valence-electron chi connectivity index (χ4n) is 2.64. The maximum absolute atomic E-state index is 11.6. The number of nitriles is 1. The van der Waals surface area contributed by atoms with Crippen molar-refractivity contribution in [2.75, 3.05) is 0 Å². The van der Waals surface area contributed by atoms with Crippen LogP contribution in [-0.4, -0.2) is 16.2 Å². The minimum Gasteiger partial charge on any atom is -0.507 e. The number of hydrogen-bond donors (Lipinski definition) is 2. The van der Waals surface area contributed by atoms with Crippen LogP contribution in [0.25, 0.3) is 0 Å². The molecule has 4 nitrogen and oxygen atoms in total. The zero-order chi connectivity index (χ0) is 18.8. The second kappa shape index (κ2) is 7.20. The number of hydrogen-bond acceptors (Lipinski definition) is 4. The Morgan fingerprint density at radius 1 is 1.28 bits per heavy atom. The molecule has 0 saturated heterocycles. The summed E-state index contributed by atoms with van der Waals surface area (Å²) < 4.78 is 0. The van der Waals surface area contributed by atoms with E-state index in [0.717, 1.165) is 10.5 Å². The van der Waals surface area contributed by atoms with E-state index in [-0.39, 0.29) is 16.7 Å². The highest BCUT2D eigenvalue weighted by Crippen LogP contribution is 2.40. The molecule has 0 aliphatic carbocycles. The third-order valence-corrected chi connectivity index (χ3v) is 5.25. The van der Waals surface area contributed by atoms with Gasteiger partial charge in [-0.15, -0.1) is 11.8 Å². The smallest absolute Gasteiger partial charge is 0.339 e. The van der Waals surface area contributed by atoms with Crippen molar-refractivity contribution >= 4 is 17.7 Å². The molecule has 0 aromatic heterocycles. The fraction of sp³-hybridized carbons (Fsp3) is 0.300. The largest absolute Gasteiger partial charge is 0.507 e. The lowest BCUT2D eigenvalue weighted by molar-refractivity contribution is 0.0692. The number of benzene rings is 2. The molecule has 0 heterocycles. The third kappa shape index (κ3) is 3.97. The number of rotatable bonds is 4. The summed E-state index contributed by atoms with van der Waals surface area (Å²) in [7, 11) is 0. The summed E-state index contributed by atoms with van der Waals surface area (Å²) in [5.74, 6) is -0.752. The number of carboxylic acids is 1. The summed E-state index contributed by atoms with van der Waals surface area (Å²) in [6.07, 6.45) is 0. The van der Waals surface area contributed by atoms with Crippen molar-refractivity contribution in [2.45, 2.75) is 43.8 Å². The van der Waals surface area contributed by atoms with Gasteiger partial charge in [0.2, 0.25) is 0 Å². The highest BCUT2D eigenvalue weighted by molar-refractivity contribution is 7.98. The van der Waals surface area contributed by atoms with Gasteiger partial charge < -0.3 is 10.2 Å². The molecule has 2 aromatic rings. The number of thioether (sulfide) groups is 1. The summed E-state index contributed by atoms with van der Waals surface area (Å²) in [5.41, 5.74) is 2.21. The van der Waals surface area contributed by atoms with Gasteiger partial charge in [-0.05, 0) is 35.6 Å². The first kappa shape index (κ1) is 18.9. The van der Waals surface area contributed by atoms with E-state index in [0.29, 0.717) is 22.4 Å². The summed E-state index contributed by atoms with van der Waals surface area (Å²) >= 11 is 1.47. The predicted molar refractivity (Wildman–Crippen MR) is 99.2 cm³/mol. The summed E-state index contributed by atoms with van der Waals surface area (Å²) in [6, 6.07) is 11.4. The molecule has 5 heteroatoms. The molecule has 0 atom stereocenters. The van der Waals surface area contributed by atoms with Crippen LogP contribution in [0.1, 0.15) is 53.4 Å². The maximum atomic E-state index is 11.6. The van der Waals surface area contributed by atoms with Gasteiger partial charge in [-0.25, -0.2) is 4.79 Å². The topological polar surface area (TPSA) is 81.3 Å². The lowest BCUT2D eigenvalue weighted by Crippen LogP contribution is -2.15. The van der Waals surface area contributed by atoms with Crippen molar-refractivity contribution in [2.24, 2.45) is 0 Å². The standard InChI is InChI=1S/C20H21NO3S/c1-12-16(25-11-14-8-6-5-7-13(14)10-21)9-15(20(2,3)4)18(22)17(12)19(23)24/h5-9,22H,11H2,1-4H3,(H,23,24). The summed E-state index contributed by atoms with van der Waals surface area (Å²) in [6.45, 7) is 7.50. The van der Waals surface area contributed by atoms with Crippen molar-refractivity contribution in [3.63, 3.8) is 0 Å². The SMILES string of the molecule is Cc1c(SCc2ccccc2C#N)cc(C(C)(C)C)c(O)c1C(=O)O. The van der Waals surface area contributed by atoms with E-state index in [2.05, 4.69) is 6.07 Å². The van der Waals surface area contributed by atoms with E-state index in [4.69, 9.17) is 0 Å². The molecular formula is C20H21NO3S. The fourth-order valence-corrected chi connectivity index (χ4v) is 3.72. The summed E-state index contributed by atoms with van der Waals surface area (Å²) in [5, 5.41) is 29.2. The molecule has 0 aliphatic rings. The second-order valence-corrected chi connectivity index (χ2v) is 7.90. The third-order valence-electron chi connectivity index (χ3n) is 4.05. The molecule has 0 unspecified atom stereocenters. The molecule has 0 saturated carbocycles. The van der Waals surface area contributed by atoms with Crippen LogP contribution in [0.3, 0.4) is 0 Å². The molecule has 2 N–H and O–H groups in total. The Morgan fingerprint density at radius 3 is 2.48 bits per heavy atom. The number of aromatic hydroxyl groups is 1. The second-order valence-electron chi connectivity index (χ2n) is 6.88. The van der Waals surface area contributed by atoms with E-state index in [1.54, 1.807) is 13.0 Å². The van der Waals surface area contributed by atoms with Crippen LogP contribution in [0.2, 0.25) is 0 Å². The highest BCUT2D eigenvalue weighted by Gasteiger charge is 2.26. The van der Waals surface area contributed by atoms with Crippen LogP contribution in [0, 0.1) is 18.3 Å². The first-order valence-corrected chi connectivity index (χ1v) is 8.86. The van der Waals surface area contributed by atoms with Crippen LogP contribution in [0.15, 0.2) is 35.2 Å². The average molecular weight is 355 g/mol. The van der Waals surface area contributed by atoms with Crippen LogP contribution in [-0.2, 0) is 11.2 Å². The highest BCUT2D eigenvalue weighted by atomic mass is 32.2. The molecule has 0 fully saturated rings. The Labute approximate surface area is 152 Å². The van der Waals surface area contributed by atoms with Crippen molar-refractivity contribution in [3.05, 3.63) is 58.1 Å². The van der Waals surface area contributed by atoms with E-state index in [1.165, 1.54) is 11.8 Å². The van der Waals surface area contributed by atoms with Gasteiger partial charge in [0.25, 0.3) is 0 Å². The van der Waals surface area contributed by atoms with Crippen molar-refractivity contribution < 1.29 is 15.0 Å². The molecule has 25 heavy (non-hydrogen) atoms. The van der Waals surface area contributed by atoms with E-state index < -0.39 is 5.97 Å². The van der Waals surface area contributed by atoms with Crippen LogP contribution in [0.5, 0.6) is 5.75 Å². The van der Waals surface area contributed by atoms with Crippen LogP contribution >= 0.6 is 11.8 Å². The van der Waals surface area contributed by atoms with E-state index in [9.17, 15) is 20.3 Å². The lowest BCUT2D eigenvalue weighted by atomic mass is 9.84. The van der Waals surface area contributed by atoms with Gasteiger partial charge in [0.15, 0.2) is 0 Å². The number of aromatic carboxylic acids is 1. The zero-order valence-electron chi connectivity index (χ0n) is 14.8. The van der Waals surface area contributed by atoms with Gasteiger partial charge in [0, 0.05) is 16.2 Å². The van der Waals surface area contributed by atoms with Gasteiger partial charge >= 0.3 is 5.97 Å². The van der Waals surface area contributed by atoms with E-state index in [1.807, 2.05) is 45.0 Å². The Balaban J connectivity index is 2.49. The Morgan fingerprint density at radius 2 is 1.92 bits per heavy atom. The number of nitrogens with zero attached hydrogens (tertiary/aromatic N) is 1. The van der Waals surface area contributed by atoms with Gasteiger partial charge in [-0.3, -0.25) is 0 Å². The van der Waals surface area contributed by atoms with E-state index >= 15 is 0 Å². The number of phenols is 1. The lowest BCUT2D eigenvalue weighted by Gasteiger charge is -2.24. The summed E-state index contributed by atoms with van der Waals surface area (Å²) in [4.78, 5) is 12.4. The van der Waals surface area contributed by atoms with Gasteiger partial charge in [-0.2, -0.15) is 5.26 Å². The van der Waals surface area contributed by atoms with Gasteiger partial charge in [0.1, 0.15) is 11.3 Å². The first-order valence-electron chi connectivity index (χ1n) is 7.88. The molecule has 0 radical (unpaired) electrons. The molecule has 0 bridgehead atoms. The molecule has 0 spiro atoms. The Kier molecular flexibility index (Phi) is 5.44. The normalized spacial score (nSPS) is 11.2. The quantitative estimate of drug-likeness (QED) is 0.765. The van der Waals surface area contributed by atoms with Crippen LogP contribution < -0.4 is 0 Å². The minimum atomic E-state index is -1.14. The molecule has 0 aliphatic heterocycles. The first-order chi connectivity index (χ1) is 11.7. The number of carbonyl (C=O) groups is 1. The van der Waals surface area contributed by atoms with Crippen molar-refractivity contribution in [1.82, 2.24) is 0 Å². The molecule has 0 amide bonds. The van der Waals surface area contributed by atoms with Crippen molar-refractivity contribution in [1.29, 1.82) is 5.26 Å². The molecular weight excluding hydrogens is 334 g/mol. The molecule has 2 rings (SSSR count). The van der Waals surface area contributed by atoms with Gasteiger partial charge in [0.05, 0.1) is 11.6 Å². The number of carboxylic acid groups (broad SMARTS) is 1. The zero-order valence-corrected chi connectivity index (χ0v) is 15.6. The monoisotopic (exact) mass is 355 g/mol. The van der Waals surface area contributed by atoms with Crippen molar-refractivity contribution in [3.8, 4) is 11.8 Å². The Hall–Kier alpha value is -2.45. The van der Waals surface area contributed by atoms with Crippen LogP contribution in [0.4, 0.5) is 0 Å². The molecule has 130 valence electrons. The Bertz CT molecular complexity index is 860. The minimum absolute atomic E-state index is 0.0523. The maximum Gasteiger partial charge on any atom is 0.339 e. The predicted octanol–water partition coefficient (Wildman–Crippen LogP) is 4.86. The van der Waals surface area contributed by atoms with Gasteiger partial charge in [-0.1, -0.05) is 39.0 Å². The average Bonchev–Trinajstić information content (AvgIpc) is 2.53.